The van der Waals surface area contributed by atoms with E-state index >= 15 is 0 Å². The molecule has 108 valence electrons. The first kappa shape index (κ1) is 14.1. The number of rotatable bonds is 3. The molecule has 0 spiro atoms. The zero-order valence-corrected chi connectivity index (χ0v) is 11.4. The molecule has 6 nitrogen and oxygen atoms in total. The number of carbonyl (C=O) groups excluding carboxylic acids is 1. The van der Waals surface area contributed by atoms with Crippen LogP contribution in [0.3, 0.4) is 0 Å². The molecule has 0 aromatic rings. The molecule has 2 aliphatic rings. The average molecular weight is 269 g/mol. The van der Waals surface area contributed by atoms with Gasteiger partial charge in [0.25, 0.3) is 0 Å². The van der Waals surface area contributed by atoms with Gasteiger partial charge in [-0.3, -0.25) is 4.79 Å². The van der Waals surface area contributed by atoms with Crippen LogP contribution in [0.1, 0.15) is 32.6 Å². The van der Waals surface area contributed by atoms with Crippen molar-refractivity contribution in [3.63, 3.8) is 0 Å². The Hall–Kier alpha value is -1.30. The van der Waals surface area contributed by atoms with E-state index in [0.29, 0.717) is 25.9 Å². The fraction of sp³-hybridized carbons (Fsp3) is 0.846. The predicted molar refractivity (Wildman–Crippen MR) is 71.0 cm³/mol. The van der Waals surface area contributed by atoms with Gasteiger partial charge < -0.3 is 20.6 Å². The number of carboxylic acid groups (broad SMARTS) is 1. The quantitative estimate of drug-likeness (QED) is 0.702. The van der Waals surface area contributed by atoms with E-state index in [1.54, 1.807) is 4.90 Å². The van der Waals surface area contributed by atoms with Crippen LogP contribution in [0.25, 0.3) is 0 Å². The molecule has 0 saturated carbocycles. The fourth-order valence-corrected chi connectivity index (χ4v) is 2.89. The Bertz CT molecular complexity index is 355. The third-order valence-electron chi connectivity index (χ3n) is 4.44. The number of carbonyl (C=O) groups is 2. The first-order valence-corrected chi connectivity index (χ1v) is 7.07. The minimum atomic E-state index is -0.785. The number of nitrogens with one attached hydrogen (secondary N) is 2. The van der Waals surface area contributed by atoms with Crippen LogP contribution in [-0.2, 0) is 4.79 Å². The normalized spacial score (nSPS) is 28.4. The summed E-state index contributed by atoms with van der Waals surface area (Å²) in [6, 6.07) is 0.110. The van der Waals surface area contributed by atoms with E-state index in [4.69, 9.17) is 0 Å². The molecule has 2 heterocycles. The Kier molecular flexibility index (Phi) is 4.29. The van der Waals surface area contributed by atoms with Crippen LogP contribution >= 0.6 is 0 Å². The summed E-state index contributed by atoms with van der Waals surface area (Å²) in [4.78, 5) is 25.1. The summed E-state index contributed by atoms with van der Waals surface area (Å²) >= 11 is 0. The van der Waals surface area contributed by atoms with E-state index in [9.17, 15) is 14.7 Å². The number of amides is 2. The lowest BCUT2D eigenvalue weighted by molar-refractivity contribution is -0.148. The van der Waals surface area contributed by atoms with Gasteiger partial charge in [0, 0.05) is 19.1 Å². The number of likely N-dealkylation sites (tertiary alicyclic amines) is 1. The molecule has 0 bridgehead atoms. The molecule has 2 rings (SSSR count). The lowest BCUT2D eigenvalue weighted by Crippen LogP contribution is -2.48. The van der Waals surface area contributed by atoms with Gasteiger partial charge in [-0.05, 0) is 38.8 Å². The first-order chi connectivity index (χ1) is 9.07. The lowest BCUT2D eigenvalue weighted by Gasteiger charge is -2.27. The van der Waals surface area contributed by atoms with Gasteiger partial charge in [0.1, 0.15) is 0 Å². The molecule has 2 aliphatic heterocycles. The smallest absolute Gasteiger partial charge is 0.317 e. The molecule has 0 aromatic heterocycles. The maximum atomic E-state index is 12.1. The minimum absolute atomic E-state index is 0.108. The Morgan fingerprint density at radius 1 is 1.42 bits per heavy atom. The number of hydrogen-bond donors (Lipinski definition) is 3. The predicted octanol–water partition coefficient (Wildman–Crippen LogP) is 0.635. The number of nitrogens with zero attached hydrogens (tertiary/aromatic N) is 1. The Labute approximate surface area is 113 Å². The van der Waals surface area contributed by atoms with Crippen LogP contribution in [0.15, 0.2) is 0 Å². The van der Waals surface area contributed by atoms with Crippen LogP contribution in [0, 0.1) is 5.41 Å². The van der Waals surface area contributed by atoms with Crippen molar-refractivity contribution in [1.82, 2.24) is 15.5 Å². The number of urea groups is 1. The molecule has 0 radical (unpaired) electrons. The van der Waals surface area contributed by atoms with Crippen molar-refractivity contribution in [2.45, 2.75) is 38.6 Å². The first-order valence-electron chi connectivity index (χ1n) is 7.07. The second kappa shape index (κ2) is 5.77. The van der Waals surface area contributed by atoms with Crippen molar-refractivity contribution in [3.05, 3.63) is 0 Å². The molecule has 2 fully saturated rings. The summed E-state index contributed by atoms with van der Waals surface area (Å²) in [6.07, 6.45) is 3.01. The van der Waals surface area contributed by atoms with Gasteiger partial charge in [-0.2, -0.15) is 0 Å². The van der Waals surface area contributed by atoms with Gasteiger partial charge in [0.15, 0.2) is 0 Å². The van der Waals surface area contributed by atoms with Gasteiger partial charge in [-0.1, -0.05) is 6.92 Å². The fourth-order valence-electron chi connectivity index (χ4n) is 2.89. The van der Waals surface area contributed by atoms with Crippen molar-refractivity contribution in [2.24, 2.45) is 5.41 Å². The van der Waals surface area contributed by atoms with E-state index in [-0.39, 0.29) is 12.1 Å². The summed E-state index contributed by atoms with van der Waals surface area (Å²) in [6.45, 7) is 4.60. The van der Waals surface area contributed by atoms with Crippen LogP contribution in [0.4, 0.5) is 4.79 Å². The highest BCUT2D eigenvalue weighted by Crippen LogP contribution is 2.34. The molecule has 0 aromatic carbocycles. The van der Waals surface area contributed by atoms with Crippen molar-refractivity contribution in [2.75, 3.05) is 26.2 Å². The van der Waals surface area contributed by atoms with Crippen LogP contribution in [0.5, 0.6) is 0 Å². The number of aliphatic carboxylic acids is 1. The SMILES string of the molecule is CCC1(C(=O)O)CCN(C(=O)NC2CCNCC2)C1. The highest BCUT2D eigenvalue weighted by Gasteiger charge is 2.44. The van der Waals surface area contributed by atoms with Gasteiger partial charge in [0.2, 0.25) is 0 Å². The molecule has 1 unspecified atom stereocenters. The largest absolute Gasteiger partial charge is 0.481 e. The summed E-state index contributed by atoms with van der Waals surface area (Å²) in [5.41, 5.74) is -0.745. The molecule has 2 amide bonds. The van der Waals surface area contributed by atoms with Crippen molar-refractivity contribution >= 4 is 12.0 Å². The number of carboxylic acids is 1. The van der Waals surface area contributed by atoms with Crippen LogP contribution in [0.2, 0.25) is 0 Å². The van der Waals surface area contributed by atoms with E-state index in [1.165, 1.54) is 0 Å². The molecule has 2 saturated heterocycles. The maximum Gasteiger partial charge on any atom is 0.317 e. The van der Waals surface area contributed by atoms with Gasteiger partial charge >= 0.3 is 12.0 Å². The summed E-state index contributed by atoms with van der Waals surface area (Å²) < 4.78 is 0. The van der Waals surface area contributed by atoms with E-state index in [1.807, 2.05) is 6.92 Å². The zero-order valence-electron chi connectivity index (χ0n) is 11.4. The zero-order chi connectivity index (χ0) is 13.9. The molecular weight excluding hydrogens is 246 g/mol. The van der Waals surface area contributed by atoms with E-state index in [0.717, 1.165) is 25.9 Å². The summed E-state index contributed by atoms with van der Waals surface area (Å²) in [5.74, 6) is -0.785. The maximum absolute atomic E-state index is 12.1. The second-order valence-corrected chi connectivity index (χ2v) is 5.58. The van der Waals surface area contributed by atoms with Crippen LogP contribution in [-0.4, -0.2) is 54.2 Å². The topological polar surface area (TPSA) is 81.7 Å². The average Bonchev–Trinajstić information content (AvgIpc) is 2.86. The van der Waals surface area contributed by atoms with Crippen molar-refractivity contribution in [1.29, 1.82) is 0 Å². The molecular formula is C13H23N3O3. The molecule has 0 aliphatic carbocycles. The van der Waals surface area contributed by atoms with Crippen molar-refractivity contribution < 1.29 is 14.7 Å². The van der Waals surface area contributed by atoms with Gasteiger partial charge in [-0.25, -0.2) is 4.79 Å². The monoisotopic (exact) mass is 269 g/mol. The van der Waals surface area contributed by atoms with Crippen LogP contribution < -0.4 is 10.6 Å². The van der Waals surface area contributed by atoms with E-state index < -0.39 is 11.4 Å². The Morgan fingerprint density at radius 2 is 2.11 bits per heavy atom. The molecule has 1 atom stereocenters. The standard InChI is InChI=1S/C13H23N3O3/c1-2-13(11(17)18)5-8-16(9-13)12(19)15-10-3-6-14-7-4-10/h10,14H,2-9H2,1H3,(H,15,19)(H,17,18). The Morgan fingerprint density at radius 3 is 2.63 bits per heavy atom. The summed E-state index contributed by atoms with van der Waals surface area (Å²) in [7, 11) is 0. The molecule has 19 heavy (non-hydrogen) atoms. The third kappa shape index (κ3) is 3.00. The highest BCUT2D eigenvalue weighted by molar-refractivity contribution is 5.79. The van der Waals surface area contributed by atoms with Gasteiger partial charge in [0.05, 0.1) is 5.41 Å². The second-order valence-electron chi connectivity index (χ2n) is 5.58. The lowest BCUT2D eigenvalue weighted by atomic mass is 9.84. The Balaban J connectivity index is 1.89. The number of piperidine rings is 1. The molecule has 3 N–H and O–H groups in total. The van der Waals surface area contributed by atoms with Crippen molar-refractivity contribution in [3.8, 4) is 0 Å². The van der Waals surface area contributed by atoms with E-state index in [2.05, 4.69) is 10.6 Å². The van der Waals surface area contributed by atoms with Gasteiger partial charge in [-0.15, -0.1) is 0 Å². The molecule has 6 heteroatoms. The highest BCUT2D eigenvalue weighted by atomic mass is 16.4. The third-order valence-corrected chi connectivity index (χ3v) is 4.44. The summed E-state index contributed by atoms with van der Waals surface area (Å²) in [5, 5.41) is 15.6. The minimum Gasteiger partial charge on any atom is -0.481 e. The number of hydrogen-bond acceptors (Lipinski definition) is 3.